The van der Waals surface area contributed by atoms with Crippen molar-refractivity contribution in [2.24, 2.45) is 0 Å². The molecule has 88 valence electrons. The molecule has 6 heteroatoms. The summed E-state index contributed by atoms with van der Waals surface area (Å²) in [6.07, 6.45) is 3.31. The molecule has 0 aliphatic rings. The number of aromatic nitrogens is 3. The van der Waals surface area contributed by atoms with Gasteiger partial charge in [0.25, 0.3) is 0 Å². The molecule has 6 nitrogen and oxygen atoms in total. The van der Waals surface area contributed by atoms with Crippen molar-refractivity contribution in [2.45, 2.75) is 13.5 Å². The van der Waals surface area contributed by atoms with Gasteiger partial charge in [0.1, 0.15) is 12.4 Å². The highest BCUT2D eigenvalue weighted by Crippen LogP contribution is 2.07. The predicted octanol–water partition coefficient (Wildman–Crippen LogP) is 0.807. The molecule has 0 aliphatic heterocycles. The maximum absolute atomic E-state index is 11.7. The van der Waals surface area contributed by atoms with Gasteiger partial charge in [0, 0.05) is 23.8 Å². The highest BCUT2D eigenvalue weighted by atomic mass is 16.2. The number of anilines is 2. The molecule has 0 unspecified atom stereocenters. The average molecular weight is 231 g/mol. The van der Waals surface area contributed by atoms with E-state index in [1.165, 1.54) is 4.68 Å². The number of amides is 1. The van der Waals surface area contributed by atoms with E-state index in [4.69, 9.17) is 5.73 Å². The highest BCUT2D eigenvalue weighted by Gasteiger charge is 2.04. The molecule has 0 spiro atoms. The summed E-state index contributed by atoms with van der Waals surface area (Å²) in [5.41, 5.74) is 7.03. The molecular weight excluding hydrogens is 218 g/mol. The molecule has 0 atom stereocenters. The summed E-state index contributed by atoms with van der Waals surface area (Å²) in [6.45, 7) is 2.00. The Morgan fingerprint density at radius 1 is 1.53 bits per heavy atom. The highest BCUT2D eigenvalue weighted by molar-refractivity contribution is 5.90. The number of pyridine rings is 1. The number of nitrogens with two attached hydrogens (primary N) is 1. The molecule has 0 bridgehead atoms. The van der Waals surface area contributed by atoms with E-state index in [-0.39, 0.29) is 12.5 Å². The maximum Gasteiger partial charge on any atom is 0.246 e. The fourth-order valence-electron chi connectivity index (χ4n) is 1.44. The third-order valence-corrected chi connectivity index (χ3v) is 2.15. The van der Waals surface area contributed by atoms with Gasteiger partial charge < -0.3 is 11.1 Å². The molecule has 2 heterocycles. The van der Waals surface area contributed by atoms with Crippen LogP contribution in [0.15, 0.2) is 30.6 Å². The summed E-state index contributed by atoms with van der Waals surface area (Å²) in [6, 6.07) is 5.18. The first kappa shape index (κ1) is 11.1. The van der Waals surface area contributed by atoms with Crippen molar-refractivity contribution in [1.82, 2.24) is 14.8 Å². The largest absolute Gasteiger partial charge is 0.382 e. The fourth-order valence-corrected chi connectivity index (χ4v) is 1.44. The number of carbonyl (C=O) groups is 1. The van der Waals surface area contributed by atoms with Gasteiger partial charge in [-0.3, -0.25) is 14.5 Å². The number of nitrogen functional groups attached to an aromatic ring is 1. The number of nitrogens with zero attached hydrogens (tertiary/aromatic N) is 3. The van der Waals surface area contributed by atoms with Crippen LogP contribution in [0, 0.1) is 6.92 Å². The van der Waals surface area contributed by atoms with Crippen LogP contribution < -0.4 is 11.1 Å². The molecule has 2 aromatic rings. The first-order chi connectivity index (χ1) is 8.13. The normalized spacial score (nSPS) is 10.2. The van der Waals surface area contributed by atoms with Crippen molar-refractivity contribution in [3.8, 4) is 0 Å². The van der Waals surface area contributed by atoms with E-state index < -0.39 is 0 Å². The van der Waals surface area contributed by atoms with E-state index >= 15 is 0 Å². The summed E-state index contributed by atoms with van der Waals surface area (Å²) < 4.78 is 1.48. The van der Waals surface area contributed by atoms with Gasteiger partial charge in [-0.15, -0.1) is 0 Å². The zero-order valence-electron chi connectivity index (χ0n) is 9.42. The minimum atomic E-state index is -0.154. The van der Waals surface area contributed by atoms with Crippen LogP contribution in [-0.2, 0) is 11.3 Å². The summed E-state index contributed by atoms with van der Waals surface area (Å²) in [7, 11) is 0. The van der Waals surface area contributed by atoms with Crippen molar-refractivity contribution in [1.29, 1.82) is 0 Å². The molecule has 17 heavy (non-hydrogen) atoms. The van der Waals surface area contributed by atoms with Gasteiger partial charge in [0.05, 0.1) is 0 Å². The molecule has 0 aliphatic carbocycles. The molecule has 0 fully saturated rings. The maximum atomic E-state index is 11.7. The minimum absolute atomic E-state index is 0.137. The second-order valence-corrected chi connectivity index (χ2v) is 3.67. The zero-order valence-corrected chi connectivity index (χ0v) is 9.42. The number of rotatable bonds is 3. The third kappa shape index (κ3) is 3.04. The number of carbonyl (C=O) groups excluding carboxylic acids is 1. The number of aryl methyl sites for hydroxylation is 1. The Labute approximate surface area is 98.5 Å². The van der Waals surface area contributed by atoms with E-state index in [0.29, 0.717) is 5.82 Å². The standard InChI is InChI=1S/C11H13N5O/c1-8-6-9(2-4-13-8)14-11(17)7-16-5-3-10(12)15-16/h2-6H,7H2,1H3,(H2,12,15)(H,13,14,17). The molecule has 2 rings (SSSR count). The smallest absolute Gasteiger partial charge is 0.246 e. The fraction of sp³-hybridized carbons (Fsp3) is 0.182. The van der Waals surface area contributed by atoms with Crippen LogP contribution in [0.5, 0.6) is 0 Å². The quantitative estimate of drug-likeness (QED) is 0.818. The average Bonchev–Trinajstić information content (AvgIpc) is 2.63. The number of hydrogen-bond donors (Lipinski definition) is 2. The molecule has 1 amide bonds. The third-order valence-electron chi connectivity index (χ3n) is 2.15. The lowest BCUT2D eigenvalue weighted by atomic mass is 10.3. The van der Waals surface area contributed by atoms with Gasteiger partial charge in [0.2, 0.25) is 5.91 Å². The van der Waals surface area contributed by atoms with Gasteiger partial charge in [-0.1, -0.05) is 0 Å². The van der Waals surface area contributed by atoms with Gasteiger partial charge in [-0.2, -0.15) is 5.10 Å². The summed E-state index contributed by atoms with van der Waals surface area (Å²) in [5.74, 6) is 0.247. The summed E-state index contributed by atoms with van der Waals surface area (Å²) >= 11 is 0. The Balaban J connectivity index is 1.98. The van der Waals surface area contributed by atoms with E-state index in [9.17, 15) is 4.79 Å². The Kier molecular flexibility index (Phi) is 3.04. The Morgan fingerprint density at radius 3 is 3.00 bits per heavy atom. The molecule has 0 aromatic carbocycles. The van der Waals surface area contributed by atoms with Crippen LogP contribution >= 0.6 is 0 Å². The first-order valence-electron chi connectivity index (χ1n) is 5.15. The molecule has 0 saturated carbocycles. The minimum Gasteiger partial charge on any atom is -0.382 e. The van der Waals surface area contributed by atoms with Crippen molar-refractivity contribution < 1.29 is 4.79 Å². The molecule has 0 saturated heterocycles. The van der Waals surface area contributed by atoms with Crippen LogP contribution in [0.2, 0.25) is 0 Å². The van der Waals surface area contributed by atoms with Gasteiger partial charge in [-0.25, -0.2) is 0 Å². The number of nitrogens with one attached hydrogen (secondary N) is 1. The van der Waals surface area contributed by atoms with Crippen LogP contribution in [0.4, 0.5) is 11.5 Å². The summed E-state index contributed by atoms with van der Waals surface area (Å²) in [5, 5.41) is 6.69. The monoisotopic (exact) mass is 231 g/mol. The lowest BCUT2D eigenvalue weighted by Crippen LogP contribution is -2.19. The zero-order chi connectivity index (χ0) is 12.3. The van der Waals surface area contributed by atoms with Crippen LogP contribution in [0.3, 0.4) is 0 Å². The lowest BCUT2D eigenvalue weighted by molar-refractivity contribution is -0.116. The van der Waals surface area contributed by atoms with E-state index in [1.54, 1.807) is 30.6 Å². The van der Waals surface area contributed by atoms with Crippen molar-refractivity contribution >= 4 is 17.4 Å². The van der Waals surface area contributed by atoms with Crippen molar-refractivity contribution in [2.75, 3.05) is 11.1 Å². The van der Waals surface area contributed by atoms with Crippen molar-refractivity contribution in [3.63, 3.8) is 0 Å². The predicted molar refractivity (Wildman–Crippen MR) is 64.2 cm³/mol. The molecule has 0 radical (unpaired) electrons. The number of hydrogen-bond acceptors (Lipinski definition) is 4. The van der Waals surface area contributed by atoms with Crippen molar-refractivity contribution in [3.05, 3.63) is 36.3 Å². The Hall–Kier alpha value is -2.37. The Bertz CT molecular complexity index is 534. The van der Waals surface area contributed by atoms with Crippen LogP contribution in [-0.4, -0.2) is 20.7 Å². The molecule has 3 N–H and O–H groups in total. The Morgan fingerprint density at radius 2 is 2.35 bits per heavy atom. The van der Waals surface area contributed by atoms with Gasteiger partial charge in [-0.05, 0) is 25.1 Å². The molecular formula is C11H13N5O. The molecule has 2 aromatic heterocycles. The van der Waals surface area contributed by atoms with Crippen LogP contribution in [0.1, 0.15) is 5.69 Å². The lowest BCUT2D eigenvalue weighted by Gasteiger charge is -2.05. The van der Waals surface area contributed by atoms with E-state index in [2.05, 4.69) is 15.4 Å². The second-order valence-electron chi connectivity index (χ2n) is 3.67. The first-order valence-corrected chi connectivity index (χ1v) is 5.15. The van der Waals surface area contributed by atoms with Gasteiger partial charge >= 0.3 is 0 Å². The SMILES string of the molecule is Cc1cc(NC(=O)Cn2ccc(N)n2)ccn1. The van der Waals surface area contributed by atoms with E-state index in [1.807, 2.05) is 6.92 Å². The van der Waals surface area contributed by atoms with Crippen LogP contribution in [0.25, 0.3) is 0 Å². The second kappa shape index (κ2) is 4.65. The summed E-state index contributed by atoms with van der Waals surface area (Å²) in [4.78, 5) is 15.7. The van der Waals surface area contributed by atoms with Gasteiger partial charge in [0.15, 0.2) is 0 Å². The van der Waals surface area contributed by atoms with E-state index in [0.717, 1.165) is 11.4 Å². The topological polar surface area (TPSA) is 85.8 Å².